The third-order valence-electron chi connectivity index (χ3n) is 15.8. The van der Waals surface area contributed by atoms with E-state index in [9.17, 15) is 95.2 Å². The number of esters is 6. The van der Waals surface area contributed by atoms with Crippen LogP contribution in [-0.2, 0) is 95.0 Å². The van der Waals surface area contributed by atoms with E-state index in [0.29, 0.717) is 5.56 Å². The molecule has 0 aliphatic carbocycles. The molecule has 5 fully saturated rings. The van der Waals surface area contributed by atoms with Crippen molar-refractivity contribution < 1.29 is 171 Å². The van der Waals surface area contributed by atoms with E-state index in [1.807, 2.05) is 0 Å². The van der Waals surface area contributed by atoms with E-state index < -0.39 is 222 Å². The summed E-state index contributed by atoms with van der Waals surface area (Å²) in [6.45, 7) is -3.72. The zero-order valence-electron chi connectivity index (χ0n) is 52.1. The first-order valence-corrected chi connectivity index (χ1v) is 30.0. The van der Waals surface area contributed by atoms with Gasteiger partial charge in [-0.25, -0.2) is 14.4 Å². The Balaban J connectivity index is 1.33. The molecule has 0 bridgehead atoms. The maximum absolute atomic E-state index is 14.5. The van der Waals surface area contributed by atoms with Crippen molar-refractivity contribution in [3.8, 4) is 17.2 Å². The lowest BCUT2D eigenvalue weighted by molar-refractivity contribution is -0.423. The maximum atomic E-state index is 14.5. The van der Waals surface area contributed by atoms with Gasteiger partial charge in [0.15, 0.2) is 55.0 Å². The van der Waals surface area contributed by atoms with Gasteiger partial charge in [-0.15, -0.1) is 0 Å². The van der Waals surface area contributed by atoms with Gasteiger partial charge in [0, 0.05) is 32.9 Å². The largest absolute Gasteiger partial charge is 0.508 e. The quantitative estimate of drug-likeness (QED) is 0.0205. The molecule has 8 rings (SSSR count). The fourth-order valence-corrected chi connectivity index (χ4v) is 10.9. The summed E-state index contributed by atoms with van der Waals surface area (Å²) in [6, 6.07) is 16.3. The highest BCUT2D eigenvalue weighted by Crippen LogP contribution is 2.43. The average Bonchev–Trinajstić information content (AvgIpc) is 1.67. The summed E-state index contributed by atoms with van der Waals surface area (Å²) in [6.07, 6.45) is -46.2. The van der Waals surface area contributed by atoms with Crippen molar-refractivity contribution in [3.05, 3.63) is 102 Å². The summed E-state index contributed by atoms with van der Waals surface area (Å²) in [5.74, 6) is -10.4. The molecule has 3 aromatic rings. The van der Waals surface area contributed by atoms with Crippen molar-refractivity contribution in [1.29, 1.82) is 0 Å². The molecule has 0 saturated carbocycles. The van der Waals surface area contributed by atoms with Gasteiger partial charge >= 0.3 is 35.8 Å². The van der Waals surface area contributed by atoms with Gasteiger partial charge in [-0.3, -0.25) is 14.4 Å². The number of rotatable bonds is 26. The third-order valence-corrected chi connectivity index (χ3v) is 15.8. The lowest BCUT2D eigenvalue weighted by Crippen LogP contribution is -2.70. The molecular weight excluding hydrogens is 1300 g/mol. The highest BCUT2D eigenvalue weighted by molar-refractivity contribution is 5.90. The van der Waals surface area contributed by atoms with Crippen LogP contribution in [-0.4, -0.2) is 296 Å². The van der Waals surface area contributed by atoms with E-state index in [1.54, 1.807) is 6.07 Å². The second-order valence-corrected chi connectivity index (χ2v) is 22.6. The molecule has 0 aromatic heterocycles. The first kappa shape index (κ1) is 75.3. The molecule has 5 aliphatic rings. The number of ether oxygens (including phenoxy) is 16. The minimum atomic E-state index is -3.04. The molecular formula is C62H76O35. The van der Waals surface area contributed by atoms with Crippen molar-refractivity contribution in [2.24, 2.45) is 0 Å². The van der Waals surface area contributed by atoms with Crippen molar-refractivity contribution >= 4 is 48.0 Å². The van der Waals surface area contributed by atoms with Gasteiger partial charge in [0.1, 0.15) is 123 Å². The summed E-state index contributed by atoms with van der Waals surface area (Å²) in [5, 5.41) is 143. The zero-order valence-corrected chi connectivity index (χ0v) is 52.1. The van der Waals surface area contributed by atoms with Crippen LogP contribution in [0.4, 0.5) is 0 Å². The molecule has 0 radical (unpaired) electrons. The highest BCUT2D eigenvalue weighted by atomic mass is 16.8. The Morgan fingerprint density at radius 1 is 0.485 bits per heavy atom. The highest BCUT2D eigenvalue weighted by Gasteiger charge is 2.65. The number of hydrogen-bond acceptors (Lipinski definition) is 35. The third kappa shape index (κ3) is 18.5. The van der Waals surface area contributed by atoms with Gasteiger partial charge in [-0.2, -0.15) is 0 Å². The summed E-state index contributed by atoms with van der Waals surface area (Å²) in [4.78, 5) is 80.9. The number of methoxy groups -OCH3 is 1. The molecule has 534 valence electrons. The van der Waals surface area contributed by atoms with E-state index >= 15 is 0 Å². The van der Waals surface area contributed by atoms with Gasteiger partial charge < -0.3 is 142 Å². The minimum absolute atomic E-state index is 0.0487. The molecule has 5 aliphatic heterocycles. The minimum Gasteiger partial charge on any atom is -0.508 e. The first-order valence-electron chi connectivity index (χ1n) is 30.0. The van der Waals surface area contributed by atoms with Crippen molar-refractivity contribution in [2.45, 2.75) is 168 Å². The Kier molecular flexibility index (Phi) is 26.3. The van der Waals surface area contributed by atoms with Gasteiger partial charge in [-0.05, 0) is 59.7 Å². The predicted octanol–water partition coefficient (Wildman–Crippen LogP) is -4.40. The van der Waals surface area contributed by atoms with E-state index in [2.05, 4.69) is 0 Å². The topological polar surface area (TPSA) is 513 Å². The van der Waals surface area contributed by atoms with Gasteiger partial charge in [0.2, 0.25) is 5.79 Å². The number of aromatic hydroxyl groups is 2. The lowest BCUT2D eigenvalue weighted by atomic mass is 9.95. The predicted molar refractivity (Wildman–Crippen MR) is 313 cm³/mol. The Labute approximate surface area is 550 Å². The van der Waals surface area contributed by atoms with E-state index in [1.165, 1.54) is 79.9 Å². The van der Waals surface area contributed by atoms with Gasteiger partial charge in [0.25, 0.3) is 0 Å². The van der Waals surface area contributed by atoms with Crippen molar-refractivity contribution in [3.63, 3.8) is 0 Å². The van der Waals surface area contributed by atoms with Crippen LogP contribution < -0.4 is 4.74 Å². The fraction of sp³-hybridized carbons (Fsp3) is 0.548. The number of aliphatic hydroxyl groups excluding tert-OH is 11. The molecule has 0 amide bonds. The molecule has 0 spiro atoms. The van der Waals surface area contributed by atoms with E-state index in [4.69, 9.17) is 75.8 Å². The van der Waals surface area contributed by atoms with Crippen LogP contribution in [0.2, 0.25) is 0 Å². The molecule has 0 unspecified atom stereocenters. The SMILES string of the molecule is COc1cc(/C=C/C(=O)O[C@H]2[C@H](O[C@H]3O[C@H](COC(C)=O)[C@@H](OC(C)=O)[C@H](O[C@H]4O[C@H](CO)[C@@H](O)[C@H](O)[C@H]4O)[C@H]3O)[C@@H](O[C@@H]3O[C@H](CO)[C@@H](O)[C@H](O)[C@H]3O)[C@@H](O[C@]3(COC(=O)/C=C/c4ccc(O)cc4)O[C@H](CO)[C@@H](O)[C@@H]3OC(=O)c3ccccc3)O[C@@H]2COC(C)=O)ccc1O. The number of benzene rings is 3. The molecule has 3 aromatic carbocycles. The second-order valence-electron chi connectivity index (χ2n) is 22.6. The summed E-state index contributed by atoms with van der Waals surface area (Å²) < 4.78 is 95.4. The summed E-state index contributed by atoms with van der Waals surface area (Å²) >= 11 is 0. The monoisotopic (exact) mass is 1380 g/mol. The number of carbonyl (C=O) groups is 6. The second kappa shape index (κ2) is 33.9. The number of carbonyl (C=O) groups excluding carboxylic acids is 6. The molecule has 24 atom stereocenters. The van der Waals surface area contributed by atoms with Crippen LogP contribution in [0.3, 0.4) is 0 Å². The Hall–Kier alpha value is -7.44. The standard InChI is InChI=1S/C62H76O35/c1-27(66)83-24-39-51(86-29(3)68)53(92-58-48(78)46(76)43(73)36(21-63)87-58)50(80)60(89-39)93-54-52(91-42(72)19-14-31-12-17-34(70)35(20-31)82-4)40(25-84-28(2)67)90-61(55(54)94-59-49(79)47(77)44(74)37(22-64)88-59)97-62(26-85-41(71)18-13-30-10-15-33(69)16-11-30)56(45(75)38(23-65)96-62)95-57(81)32-8-6-5-7-9-32/h5-20,36-40,43-56,58-61,63-65,69-70,73-80H,21-26H2,1-4H3/b18-13+,19-14+/t36-,37-,38-,39-,40-,43-,44-,45-,46+,47+,48-,49-,50-,51-,52-,53-,54+,55-,56+,58-,59+,60-,61-,62+/m1/s1. The molecule has 97 heavy (non-hydrogen) atoms. The molecule has 35 heteroatoms. The van der Waals surface area contributed by atoms with Crippen LogP contribution in [0.5, 0.6) is 17.2 Å². The van der Waals surface area contributed by atoms with Crippen LogP contribution >= 0.6 is 0 Å². The van der Waals surface area contributed by atoms with Crippen molar-refractivity contribution in [2.75, 3.05) is 46.8 Å². The summed E-state index contributed by atoms with van der Waals surface area (Å²) in [7, 11) is 1.24. The van der Waals surface area contributed by atoms with Crippen molar-refractivity contribution in [1.82, 2.24) is 0 Å². The Bertz CT molecular complexity index is 3180. The Morgan fingerprint density at radius 2 is 0.990 bits per heavy atom. The molecule has 35 nitrogen and oxygen atoms in total. The smallest absolute Gasteiger partial charge is 0.338 e. The Morgan fingerprint density at radius 3 is 1.55 bits per heavy atom. The normalized spacial score (nSPS) is 35.1. The number of hydrogen-bond donors (Lipinski definition) is 13. The lowest BCUT2D eigenvalue weighted by Gasteiger charge is -2.51. The average molecular weight is 1380 g/mol. The van der Waals surface area contributed by atoms with E-state index in [0.717, 1.165) is 39.0 Å². The number of aliphatic hydroxyl groups is 11. The molecule has 5 heterocycles. The fourth-order valence-electron chi connectivity index (χ4n) is 10.9. The number of phenols is 2. The van der Waals surface area contributed by atoms with Gasteiger partial charge in [-0.1, -0.05) is 36.4 Å². The summed E-state index contributed by atoms with van der Waals surface area (Å²) in [5.41, 5.74) is 0.382. The van der Waals surface area contributed by atoms with Crippen LogP contribution in [0.1, 0.15) is 42.3 Å². The van der Waals surface area contributed by atoms with Gasteiger partial charge in [0.05, 0.1) is 32.5 Å². The molecule has 5 saturated heterocycles. The number of phenolic OH excluding ortho intramolecular Hbond substituents is 2. The van der Waals surface area contributed by atoms with E-state index in [-0.39, 0.29) is 28.4 Å². The van der Waals surface area contributed by atoms with Crippen LogP contribution in [0, 0.1) is 0 Å². The molecule has 13 N–H and O–H groups in total. The zero-order chi connectivity index (χ0) is 70.6. The van der Waals surface area contributed by atoms with Crippen LogP contribution in [0.25, 0.3) is 12.2 Å². The first-order chi connectivity index (χ1) is 46.2. The maximum Gasteiger partial charge on any atom is 0.338 e. The van der Waals surface area contributed by atoms with Crippen LogP contribution in [0.15, 0.2) is 84.9 Å².